The average molecular weight is 292 g/mol. The van der Waals surface area contributed by atoms with Crippen LogP contribution >= 0.6 is 11.3 Å². The third-order valence-corrected chi connectivity index (χ3v) is 6.19. The zero-order valence-electron chi connectivity index (χ0n) is 12.2. The molecule has 1 aromatic heterocycles. The van der Waals surface area contributed by atoms with Gasteiger partial charge in [0.15, 0.2) is 0 Å². The first-order chi connectivity index (χ1) is 9.64. The fourth-order valence-electron chi connectivity index (χ4n) is 3.58. The van der Waals surface area contributed by atoms with Crippen LogP contribution in [0.25, 0.3) is 0 Å². The van der Waals surface area contributed by atoms with Crippen molar-refractivity contribution in [2.24, 2.45) is 17.1 Å². The SMILES string of the molecule is CC1CCC(CN)(C(=O)N2CCc3sccc3C2)CC1. The Morgan fingerprint density at radius 3 is 2.95 bits per heavy atom. The lowest BCUT2D eigenvalue weighted by atomic mass is 9.70. The summed E-state index contributed by atoms with van der Waals surface area (Å²) < 4.78 is 0. The summed E-state index contributed by atoms with van der Waals surface area (Å²) in [5.74, 6) is 1.05. The van der Waals surface area contributed by atoms with E-state index in [1.165, 1.54) is 10.4 Å². The van der Waals surface area contributed by atoms with Crippen LogP contribution in [-0.4, -0.2) is 23.9 Å². The van der Waals surface area contributed by atoms with E-state index in [-0.39, 0.29) is 5.41 Å². The second-order valence-electron chi connectivity index (χ2n) is 6.51. The maximum absolute atomic E-state index is 13.0. The summed E-state index contributed by atoms with van der Waals surface area (Å²) in [4.78, 5) is 16.5. The Kier molecular flexibility index (Phi) is 3.87. The largest absolute Gasteiger partial charge is 0.337 e. The first-order valence-corrected chi connectivity index (χ1v) is 8.57. The molecule has 1 aromatic rings. The van der Waals surface area contributed by atoms with E-state index in [9.17, 15) is 4.79 Å². The summed E-state index contributed by atoms with van der Waals surface area (Å²) in [6, 6.07) is 2.16. The van der Waals surface area contributed by atoms with Crippen LogP contribution in [0.2, 0.25) is 0 Å². The summed E-state index contributed by atoms with van der Waals surface area (Å²) in [7, 11) is 0. The van der Waals surface area contributed by atoms with Gasteiger partial charge in [0.1, 0.15) is 0 Å². The minimum Gasteiger partial charge on any atom is -0.337 e. The topological polar surface area (TPSA) is 46.3 Å². The molecular weight excluding hydrogens is 268 g/mol. The lowest BCUT2D eigenvalue weighted by molar-refractivity contribution is -0.145. The first kappa shape index (κ1) is 14.1. The average Bonchev–Trinajstić information content (AvgIpc) is 2.95. The molecule has 0 unspecified atom stereocenters. The zero-order valence-corrected chi connectivity index (χ0v) is 13.0. The Bertz CT molecular complexity index is 488. The van der Waals surface area contributed by atoms with Crippen molar-refractivity contribution < 1.29 is 4.79 Å². The maximum Gasteiger partial charge on any atom is 0.230 e. The highest BCUT2D eigenvalue weighted by atomic mass is 32.1. The molecule has 2 N–H and O–H groups in total. The van der Waals surface area contributed by atoms with Crippen LogP contribution in [-0.2, 0) is 17.8 Å². The van der Waals surface area contributed by atoms with Gasteiger partial charge >= 0.3 is 0 Å². The van der Waals surface area contributed by atoms with E-state index in [1.807, 2.05) is 11.3 Å². The number of thiophene rings is 1. The smallest absolute Gasteiger partial charge is 0.230 e. The van der Waals surface area contributed by atoms with Crippen molar-refractivity contribution in [2.45, 2.75) is 45.6 Å². The number of hydrogen-bond donors (Lipinski definition) is 1. The highest BCUT2D eigenvalue weighted by Gasteiger charge is 2.42. The lowest BCUT2D eigenvalue weighted by Crippen LogP contribution is -2.50. The molecule has 0 radical (unpaired) electrons. The molecule has 1 fully saturated rings. The summed E-state index contributed by atoms with van der Waals surface area (Å²) in [6.45, 7) is 4.44. The maximum atomic E-state index is 13.0. The van der Waals surface area contributed by atoms with Crippen molar-refractivity contribution in [3.05, 3.63) is 21.9 Å². The summed E-state index contributed by atoms with van der Waals surface area (Å²) in [5.41, 5.74) is 7.08. The van der Waals surface area contributed by atoms with Crippen LogP contribution < -0.4 is 5.73 Å². The Labute approximate surface area is 125 Å². The number of amides is 1. The number of carbonyl (C=O) groups is 1. The van der Waals surface area contributed by atoms with E-state index >= 15 is 0 Å². The number of nitrogens with two attached hydrogens (primary N) is 1. The molecule has 1 aliphatic carbocycles. The number of fused-ring (bicyclic) bond motifs is 1. The van der Waals surface area contributed by atoms with Gasteiger partial charge in [0.25, 0.3) is 0 Å². The molecule has 20 heavy (non-hydrogen) atoms. The van der Waals surface area contributed by atoms with Crippen molar-refractivity contribution in [1.29, 1.82) is 0 Å². The van der Waals surface area contributed by atoms with Crippen LogP contribution in [0.1, 0.15) is 43.0 Å². The quantitative estimate of drug-likeness (QED) is 0.911. The molecule has 0 saturated heterocycles. The van der Waals surface area contributed by atoms with E-state index < -0.39 is 0 Å². The number of carbonyl (C=O) groups excluding carboxylic acids is 1. The fraction of sp³-hybridized carbons (Fsp3) is 0.688. The van der Waals surface area contributed by atoms with Gasteiger partial charge in [-0.15, -0.1) is 11.3 Å². The molecule has 2 heterocycles. The first-order valence-electron chi connectivity index (χ1n) is 7.69. The standard InChI is InChI=1S/C16H24N2OS/c1-12-2-6-16(11-17,7-3-12)15(19)18-8-4-14-13(10-18)5-9-20-14/h5,9,12H,2-4,6-8,10-11,17H2,1H3. The van der Waals surface area contributed by atoms with E-state index in [1.54, 1.807) is 0 Å². The molecule has 110 valence electrons. The van der Waals surface area contributed by atoms with Crippen molar-refractivity contribution in [3.8, 4) is 0 Å². The molecule has 0 spiro atoms. The molecule has 0 bridgehead atoms. The normalized spacial score (nSPS) is 30.1. The molecule has 0 atom stereocenters. The highest BCUT2D eigenvalue weighted by molar-refractivity contribution is 7.10. The van der Waals surface area contributed by atoms with Gasteiger partial charge in [0.05, 0.1) is 5.41 Å². The molecule has 1 aliphatic heterocycles. The van der Waals surface area contributed by atoms with Crippen molar-refractivity contribution in [3.63, 3.8) is 0 Å². The van der Waals surface area contributed by atoms with Gasteiger partial charge in [-0.1, -0.05) is 6.92 Å². The summed E-state index contributed by atoms with van der Waals surface area (Å²) in [6.07, 6.45) is 5.23. The van der Waals surface area contributed by atoms with Crippen LogP contribution in [0.5, 0.6) is 0 Å². The van der Waals surface area contributed by atoms with Gasteiger partial charge in [-0.25, -0.2) is 0 Å². The van der Waals surface area contributed by atoms with Gasteiger partial charge in [0.2, 0.25) is 5.91 Å². The van der Waals surface area contributed by atoms with Crippen LogP contribution in [0.3, 0.4) is 0 Å². The van der Waals surface area contributed by atoms with Crippen molar-refractivity contribution in [2.75, 3.05) is 13.1 Å². The number of hydrogen-bond acceptors (Lipinski definition) is 3. The molecule has 1 amide bonds. The molecule has 3 nitrogen and oxygen atoms in total. The van der Waals surface area contributed by atoms with Crippen molar-refractivity contribution in [1.82, 2.24) is 4.90 Å². The summed E-state index contributed by atoms with van der Waals surface area (Å²) >= 11 is 1.82. The third-order valence-electron chi connectivity index (χ3n) is 5.17. The molecule has 4 heteroatoms. The zero-order chi connectivity index (χ0) is 14.2. The van der Waals surface area contributed by atoms with Gasteiger partial charge in [-0.2, -0.15) is 0 Å². The Hall–Kier alpha value is -0.870. The van der Waals surface area contributed by atoms with E-state index in [2.05, 4.69) is 23.3 Å². The molecule has 2 aliphatic rings. The Morgan fingerprint density at radius 1 is 1.50 bits per heavy atom. The van der Waals surface area contributed by atoms with Crippen molar-refractivity contribution >= 4 is 17.2 Å². The minimum atomic E-state index is -0.278. The molecule has 3 rings (SSSR count). The van der Waals surface area contributed by atoms with Gasteiger partial charge < -0.3 is 10.6 Å². The minimum absolute atomic E-state index is 0.278. The Balaban J connectivity index is 1.75. The Morgan fingerprint density at radius 2 is 2.25 bits per heavy atom. The number of nitrogens with zero attached hydrogens (tertiary/aromatic N) is 1. The van der Waals surface area contributed by atoms with Crippen LogP contribution in [0, 0.1) is 11.3 Å². The predicted octanol–water partition coefficient (Wildman–Crippen LogP) is 2.79. The molecular formula is C16H24N2OS. The van der Waals surface area contributed by atoms with Gasteiger partial charge in [-0.05, 0) is 55.0 Å². The second-order valence-corrected chi connectivity index (χ2v) is 7.51. The summed E-state index contributed by atoms with van der Waals surface area (Å²) in [5, 5.41) is 2.14. The number of rotatable bonds is 2. The van der Waals surface area contributed by atoms with E-state index in [0.717, 1.165) is 51.1 Å². The fourth-order valence-corrected chi connectivity index (χ4v) is 4.47. The van der Waals surface area contributed by atoms with E-state index in [4.69, 9.17) is 5.73 Å². The predicted molar refractivity (Wildman–Crippen MR) is 82.6 cm³/mol. The van der Waals surface area contributed by atoms with E-state index in [0.29, 0.717) is 12.5 Å². The van der Waals surface area contributed by atoms with Gasteiger partial charge in [-0.3, -0.25) is 4.79 Å². The monoisotopic (exact) mass is 292 g/mol. The van der Waals surface area contributed by atoms with Gasteiger partial charge in [0, 0.05) is 24.5 Å². The van der Waals surface area contributed by atoms with Crippen LogP contribution in [0.4, 0.5) is 0 Å². The lowest BCUT2D eigenvalue weighted by Gasteiger charge is -2.41. The highest BCUT2D eigenvalue weighted by Crippen LogP contribution is 2.40. The molecule has 0 aromatic carbocycles. The third kappa shape index (κ3) is 2.40. The molecule has 1 saturated carbocycles. The second kappa shape index (κ2) is 5.49. The van der Waals surface area contributed by atoms with Crippen LogP contribution in [0.15, 0.2) is 11.4 Å².